The van der Waals surface area contributed by atoms with Gasteiger partial charge in [-0.1, -0.05) is 30.3 Å². The quantitative estimate of drug-likeness (QED) is 0.508. The number of carbonyl (C=O) groups excluding carboxylic acids is 1. The van der Waals surface area contributed by atoms with Crippen LogP contribution in [0.3, 0.4) is 0 Å². The molecule has 0 saturated carbocycles. The number of carboxylic acid groups (broad SMARTS) is 1. The van der Waals surface area contributed by atoms with Crippen molar-refractivity contribution in [2.24, 2.45) is 0 Å². The van der Waals surface area contributed by atoms with E-state index in [0.29, 0.717) is 17.7 Å². The number of hydrogen-bond acceptors (Lipinski definition) is 3. The summed E-state index contributed by atoms with van der Waals surface area (Å²) in [5.74, 6) is 0.228. The summed E-state index contributed by atoms with van der Waals surface area (Å²) < 4.78 is 5.68. The molecule has 2 aromatic rings. The van der Waals surface area contributed by atoms with Crippen LogP contribution < -0.4 is 9.84 Å². The molecule has 3 rings (SSSR count). The maximum atomic E-state index is 11.0. The predicted octanol–water partition coefficient (Wildman–Crippen LogP) is 2.97. The Morgan fingerprint density at radius 3 is 2.38 bits per heavy atom. The van der Waals surface area contributed by atoms with E-state index in [4.69, 9.17) is 4.74 Å². The van der Waals surface area contributed by atoms with Crippen molar-refractivity contribution in [3.8, 4) is 11.5 Å². The SMILES string of the molecule is C[CH-]C.O=C([O-])c1cccc2c1Cc1ccccc1O2.[Zn+2]. The van der Waals surface area contributed by atoms with E-state index >= 15 is 0 Å². The van der Waals surface area contributed by atoms with E-state index in [1.165, 1.54) is 0 Å². The molecule has 1 heterocycles. The molecule has 0 unspecified atom stereocenters. The van der Waals surface area contributed by atoms with Gasteiger partial charge in [0.25, 0.3) is 0 Å². The van der Waals surface area contributed by atoms with Gasteiger partial charge in [-0.05, 0) is 17.7 Å². The maximum absolute atomic E-state index is 11.0. The van der Waals surface area contributed by atoms with E-state index < -0.39 is 5.97 Å². The van der Waals surface area contributed by atoms with Gasteiger partial charge < -0.3 is 21.1 Å². The van der Waals surface area contributed by atoms with Gasteiger partial charge in [-0.25, -0.2) is 0 Å². The van der Waals surface area contributed by atoms with E-state index in [0.717, 1.165) is 11.3 Å². The smallest absolute Gasteiger partial charge is 0.545 e. The summed E-state index contributed by atoms with van der Waals surface area (Å²) in [5, 5.41) is 11.0. The first-order chi connectivity index (χ1) is 9.67. The molecule has 1 aliphatic rings. The van der Waals surface area contributed by atoms with E-state index in [1.807, 2.05) is 44.5 Å². The average molecular weight is 334 g/mol. The van der Waals surface area contributed by atoms with Crippen LogP contribution in [0.2, 0.25) is 0 Å². The Hall–Kier alpha value is -1.67. The topological polar surface area (TPSA) is 49.4 Å². The van der Waals surface area contributed by atoms with Crippen molar-refractivity contribution < 1.29 is 34.1 Å². The van der Waals surface area contributed by atoms with Gasteiger partial charge in [0.1, 0.15) is 11.5 Å². The third-order valence-electron chi connectivity index (χ3n) is 2.91. The standard InChI is InChI=1S/C14H10O3.C3H7.Zn/c15-14(16)10-5-3-7-13-11(10)8-9-4-1-2-6-12(9)17-13;1-3-2;/h1-7H,8H2,(H,15,16);3H,1-2H3;/q;-1;+2/p-1. The first-order valence-corrected chi connectivity index (χ1v) is 6.50. The summed E-state index contributed by atoms with van der Waals surface area (Å²) in [6.45, 7) is 4.00. The third-order valence-corrected chi connectivity index (χ3v) is 2.91. The molecule has 0 fully saturated rings. The first kappa shape index (κ1) is 17.4. The fourth-order valence-electron chi connectivity index (χ4n) is 2.09. The van der Waals surface area contributed by atoms with E-state index in [9.17, 15) is 9.90 Å². The monoisotopic (exact) mass is 332 g/mol. The summed E-state index contributed by atoms with van der Waals surface area (Å²) in [5.41, 5.74) is 1.89. The number of aromatic carboxylic acids is 1. The normalized spacial score (nSPS) is 10.8. The molecule has 0 spiro atoms. The number of benzene rings is 2. The minimum atomic E-state index is -1.16. The molecular weight excluding hydrogens is 318 g/mol. The van der Waals surface area contributed by atoms with Crippen molar-refractivity contribution in [3.05, 3.63) is 65.6 Å². The number of rotatable bonds is 1. The van der Waals surface area contributed by atoms with E-state index in [1.54, 1.807) is 18.2 Å². The average Bonchev–Trinajstić information content (AvgIpc) is 2.45. The first-order valence-electron chi connectivity index (χ1n) is 6.50. The Labute approximate surface area is 137 Å². The van der Waals surface area contributed by atoms with Gasteiger partial charge in [-0.15, -0.1) is 0 Å². The van der Waals surface area contributed by atoms with Crippen LogP contribution >= 0.6 is 0 Å². The van der Waals surface area contributed by atoms with Gasteiger partial charge in [0.2, 0.25) is 0 Å². The minimum absolute atomic E-state index is 0. The van der Waals surface area contributed by atoms with Crippen molar-refractivity contribution in [2.45, 2.75) is 20.3 Å². The summed E-state index contributed by atoms with van der Waals surface area (Å²) in [4.78, 5) is 11.0. The Bertz CT molecular complexity index is 623. The second-order valence-electron chi connectivity index (χ2n) is 4.53. The number of carbonyl (C=O) groups is 1. The van der Waals surface area contributed by atoms with Crippen molar-refractivity contribution in [3.63, 3.8) is 0 Å². The van der Waals surface area contributed by atoms with Crippen LogP contribution in [0.15, 0.2) is 42.5 Å². The van der Waals surface area contributed by atoms with Gasteiger partial charge >= 0.3 is 19.5 Å². The Balaban J connectivity index is 0.000000510. The van der Waals surface area contributed by atoms with Gasteiger partial charge in [-0.3, -0.25) is 0 Å². The summed E-state index contributed by atoms with van der Waals surface area (Å²) >= 11 is 0. The van der Waals surface area contributed by atoms with Crippen LogP contribution in [0.1, 0.15) is 35.3 Å². The number of hydrogen-bond donors (Lipinski definition) is 0. The molecule has 0 amide bonds. The zero-order valence-electron chi connectivity index (χ0n) is 12.3. The largest absolute Gasteiger partial charge is 2.00 e. The number of fused-ring (bicyclic) bond motifs is 2. The Kier molecular flexibility index (Phi) is 6.58. The van der Waals surface area contributed by atoms with Crippen molar-refractivity contribution in [1.82, 2.24) is 0 Å². The van der Waals surface area contributed by atoms with Gasteiger partial charge in [-0.2, -0.15) is 13.8 Å². The minimum Gasteiger partial charge on any atom is -0.545 e. The van der Waals surface area contributed by atoms with Crippen LogP contribution in [0.4, 0.5) is 0 Å². The van der Waals surface area contributed by atoms with Crippen molar-refractivity contribution in [1.29, 1.82) is 0 Å². The van der Waals surface area contributed by atoms with Gasteiger partial charge in [0, 0.05) is 17.5 Å². The van der Waals surface area contributed by atoms with Crippen LogP contribution in [0.25, 0.3) is 0 Å². The fourth-order valence-corrected chi connectivity index (χ4v) is 2.09. The fraction of sp³-hybridized carbons (Fsp3) is 0.176. The molecule has 0 aliphatic carbocycles. The molecule has 4 heteroatoms. The molecule has 21 heavy (non-hydrogen) atoms. The Morgan fingerprint density at radius 1 is 1.10 bits per heavy atom. The third kappa shape index (κ3) is 3.92. The van der Waals surface area contributed by atoms with Crippen LogP contribution in [-0.2, 0) is 25.9 Å². The second-order valence-corrected chi connectivity index (χ2v) is 4.53. The zero-order valence-corrected chi connectivity index (χ0v) is 15.2. The van der Waals surface area contributed by atoms with Gasteiger partial charge in [0.05, 0.1) is 5.97 Å². The molecule has 0 N–H and O–H groups in total. The maximum Gasteiger partial charge on any atom is 2.00 e. The summed E-state index contributed by atoms with van der Waals surface area (Å²) in [6.07, 6.45) is 2.57. The number of ether oxygens (including phenoxy) is 1. The summed E-state index contributed by atoms with van der Waals surface area (Å²) in [6, 6.07) is 12.6. The molecular formula is C17H16O3Zn. The van der Waals surface area contributed by atoms with E-state index in [2.05, 4.69) is 0 Å². The zero-order chi connectivity index (χ0) is 14.5. The molecule has 3 nitrogen and oxygen atoms in total. The molecule has 104 valence electrons. The number of para-hydroxylation sites is 1. The summed E-state index contributed by atoms with van der Waals surface area (Å²) in [7, 11) is 0. The second kappa shape index (κ2) is 7.94. The van der Waals surface area contributed by atoms with Crippen molar-refractivity contribution >= 4 is 5.97 Å². The molecule has 1 aliphatic heterocycles. The van der Waals surface area contributed by atoms with Crippen LogP contribution in [0.5, 0.6) is 11.5 Å². The molecule has 0 atom stereocenters. The molecule has 0 bridgehead atoms. The molecule has 0 saturated heterocycles. The van der Waals surface area contributed by atoms with Crippen LogP contribution in [0, 0.1) is 6.42 Å². The van der Waals surface area contributed by atoms with Gasteiger partial charge in [0.15, 0.2) is 0 Å². The number of carboxylic acids is 1. The molecule has 2 aromatic carbocycles. The Morgan fingerprint density at radius 2 is 1.71 bits per heavy atom. The van der Waals surface area contributed by atoms with E-state index in [-0.39, 0.29) is 25.0 Å². The molecule has 0 radical (unpaired) electrons. The predicted molar refractivity (Wildman–Crippen MR) is 75.7 cm³/mol. The molecule has 0 aromatic heterocycles. The van der Waals surface area contributed by atoms with Crippen molar-refractivity contribution in [2.75, 3.05) is 0 Å². The van der Waals surface area contributed by atoms with Crippen LogP contribution in [-0.4, -0.2) is 5.97 Å².